The summed E-state index contributed by atoms with van der Waals surface area (Å²) < 4.78 is 6.15. The van der Waals surface area contributed by atoms with Gasteiger partial charge in [0.15, 0.2) is 11.6 Å². The second kappa shape index (κ2) is 1.44. The molecule has 0 aliphatic carbocycles. The summed E-state index contributed by atoms with van der Waals surface area (Å²) in [4.78, 5) is 0. The lowest BCUT2D eigenvalue weighted by atomic mass is 10.6. The Morgan fingerprint density at radius 1 is 1.70 bits per heavy atom. The highest BCUT2D eigenvalue weighted by atomic mass is 16.4. The Kier molecular flexibility index (Phi) is 0.743. The number of nitrogens with two attached hydrogens (primary N) is 1. The molecule has 0 fully saturated rings. The molecule has 2 aromatic heterocycles. The van der Waals surface area contributed by atoms with Crippen LogP contribution in [0, 0.1) is 0 Å². The zero-order valence-corrected chi connectivity index (χ0v) is 4.98. The topological polar surface area (TPSA) is 76.7 Å². The molecule has 2 heterocycles. The molecular formula is C5H5N3O2. The third kappa shape index (κ3) is 0.439. The van der Waals surface area contributed by atoms with Gasteiger partial charge in [0.25, 0.3) is 0 Å². The molecule has 0 bridgehead atoms. The molecular weight excluding hydrogens is 134 g/mol. The quantitative estimate of drug-likeness (QED) is 0.547. The maximum Gasteiger partial charge on any atom is 0.227 e. The van der Waals surface area contributed by atoms with Crippen LogP contribution in [-0.2, 0) is 0 Å². The maximum absolute atomic E-state index is 8.99. The van der Waals surface area contributed by atoms with Gasteiger partial charge in [-0.15, -0.1) is 5.10 Å². The van der Waals surface area contributed by atoms with Crippen LogP contribution in [0.1, 0.15) is 0 Å². The number of hydrogen-bond donors (Lipinski definition) is 2. The minimum Gasteiger partial charge on any atom is -0.504 e. The van der Waals surface area contributed by atoms with E-state index in [-0.39, 0.29) is 11.6 Å². The summed E-state index contributed by atoms with van der Waals surface area (Å²) in [5, 5.41) is 12.7. The molecule has 3 N–H and O–H groups in total. The van der Waals surface area contributed by atoms with Gasteiger partial charge in [0.1, 0.15) is 0 Å². The number of aromatic nitrogens is 2. The standard InChI is InChI=1S/C5H5N3O2/c6-5-3(9)1-4-8(5)7-2-10-4/h1-2,9H,6H2. The fourth-order valence-corrected chi connectivity index (χ4v) is 0.807. The van der Waals surface area contributed by atoms with Crippen molar-refractivity contribution in [2.45, 2.75) is 0 Å². The van der Waals surface area contributed by atoms with Gasteiger partial charge in [0, 0.05) is 6.07 Å². The minimum absolute atomic E-state index is 0.00755. The van der Waals surface area contributed by atoms with Crippen molar-refractivity contribution in [2.24, 2.45) is 0 Å². The first-order valence-corrected chi connectivity index (χ1v) is 2.68. The molecule has 5 heteroatoms. The smallest absolute Gasteiger partial charge is 0.227 e. The normalized spacial score (nSPS) is 10.8. The molecule has 0 aliphatic rings. The lowest BCUT2D eigenvalue weighted by Gasteiger charge is -1.85. The van der Waals surface area contributed by atoms with E-state index in [9.17, 15) is 0 Å². The molecule has 2 aromatic rings. The highest BCUT2D eigenvalue weighted by Gasteiger charge is 2.07. The number of fused-ring (bicyclic) bond motifs is 1. The molecule has 0 saturated heterocycles. The zero-order chi connectivity index (χ0) is 7.14. The van der Waals surface area contributed by atoms with E-state index in [0.29, 0.717) is 5.71 Å². The van der Waals surface area contributed by atoms with Gasteiger partial charge in [-0.3, -0.25) is 0 Å². The molecule has 5 nitrogen and oxygen atoms in total. The summed E-state index contributed by atoms with van der Waals surface area (Å²) in [7, 11) is 0. The Bertz CT molecular complexity index is 362. The van der Waals surface area contributed by atoms with E-state index in [1.54, 1.807) is 0 Å². The van der Waals surface area contributed by atoms with E-state index in [2.05, 4.69) is 5.10 Å². The molecule has 10 heavy (non-hydrogen) atoms. The van der Waals surface area contributed by atoms with Gasteiger partial charge in [-0.05, 0) is 0 Å². The largest absolute Gasteiger partial charge is 0.504 e. The van der Waals surface area contributed by atoms with Crippen LogP contribution in [0.3, 0.4) is 0 Å². The van der Waals surface area contributed by atoms with Crippen molar-refractivity contribution in [3.05, 3.63) is 12.5 Å². The predicted molar refractivity (Wildman–Crippen MR) is 33.5 cm³/mol. The number of nitrogen functional groups attached to an aromatic ring is 1. The monoisotopic (exact) mass is 139 g/mol. The second-order valence-electron chi connectivity index (χ2n) is 1.90. The average molecular weight is 139 g/mol. The maximum atomic E-state index is 8.99. The van der Waals surface area contributed by atoms with E-state index in [1.807, 2.05) is 0 Å². The number of rotatable bonds is 0. The summed E-state index contributed by atoms with van der Waals surface area (Å²) in [5.41, 5.74) is 5.81. The fourth-order valence-electron chi connectivity index (χ4n) is 0.807. The number of nitrogens with zero attached hydrogens (tertiary/aromatic N) is 2. The molecule has 0 atom stereocenters. The predicted octanol–water partition coefficient (Wildman–Crippen LogP) is 0.215. The summed E-state index contributed by atoms with van der Waals surface area (Å²) >= 11 is 0. The van der Waals surface area contributed by atoms with Crippen molar-refractivity contribution in [3.63, 3.8) is 0 Å². The average Bonchev–Trinajstić information content (AvgIpc) is 2.41. The summed E-state index contributed by atoms with van der Waals surface area (Å²) in [6, 6.07) is 1.41. The lowest BCUT2D eigenvalue weighted by Crippen LogP contribution is -1.91. The van der Waals surface area contributed by atoms with Crippen LogP contribution >= 0.6 is 0 Å². The molecule has 0 unspecified atom stereocenters. The lowest BCUT2D eigenvalue weighted by molar-refractivity contribution is 0.477. The molecule has 0 saturated carbocycles. The first-order chi connectivity index (χ1) is 4.79. The van der Waals surface area contributed by atoms with Crippen molar-refractivity contribution in [1.82, 2.24) is 9.61 Å². The molecule has 52 valence electrons. The molecule has 0 aliphatic heterocycles. The van der Waals surface area contributed by atoms with Gasteiger partial charge in [0.05, 0.1) is 0 Å². The Labute approximate surface area is 55.7 Å². The first kappa shape index (κ1) is 5.16. The van der Waals surface area contributed by atoms with Crippen LogP contribution < -0.4 is 5.73 Å². The van der Waals surface area contributed by atoms with E-state index in [4.69, 9.17) is 15.3 Å². The molecule has 0 amide bonds. The van der Waals surface area contributed by atoms with Crippen molar-refractivity contribution < 1.29 is 9.52 Å². The van der Waals surface area contributed by atoms with Crippen molar-refractivity contribution in [2.75, 3.05) is 5.73 Å². The van der Waals surface area contributed by atoms with E-state index >= 15 is 0 Å². The number of aromatic hydroxyl groups is 1. The molecule has 0 radical (unpaired) electrons. The van der Waals surface area contributed by atoms with Gasteiger partial charge in [-0.1, -0.05) is 0 Å². The third-order valence-electron chi connectivity index (χ3n) is 1.30. The zero-order valence-electron chi connectivity index (χ0n) is 4.98. The molecule has 0 spiro atoms. The summed E-state index contributed by atoms with van der Waals surface area (Å²) in [5.74, 6) is 0.190. The third-order valence-corrected chi connectivity index (χ3v) is 1.30. The van der Waals surface area contributed by atoms with Crippen molar-refractivity contribution in [3.8, 4) is 5.75 Å². The van der Waals surface area contributed by atoms with E-state index in [1.165, 1.54) is 17.0 Å². The van der Waals surface area contributed by atoms with Crippen molar-refractivity contribution >= 4 is 11.5 Å². The van der Waals surface area contributed by atoms with Crippen LogP contribution in [0.4, 0.5) is 5.82 Å². The van der Waals surface area contributed by atoms with Gasteiger partial charge >= 0.3 is 0 Å². The van der Waals surface area contributed by atoms with Crippen LogP contribution in [0.25, 0.3) is 5.71 Å². The Morgan fingerprint density at radius 3 is 3.20 bits per heavy atom. The number of hydrogen-bond acceptors (Lipinski definition) is 4. The van der Waals surface area contributed by atoms with Crippen LogP contribution in [0.15, 0.2) is 16.9 Å². The van der Waals surface area contributed by atoms with Gasteiger partial charge < -0.3 is 15.3 Å². The van der Waals surface area contributed by atoms with E-state index < -0.39 is 0 Å². The van der Waals surface area contributed by atoms with E-state index in [0.717, 1.165) is 0 Å². The number of anilines is 1. The van der Waals surface area contributed by atoms with Crippen LogP contribution in [0.5, 0.6) is 5.75 Å². The summed E-state index contributed by atoms with van der Waals surface area (Å²) in [6.45, 7) is 0. The Morgan fingerprint density at radius 2 is 2.50 bits per heavy atom. The summed E-state index contributed by atoms with van der Waals surface area (Å²) in [6.07, 6.45) is 1.26. The van der Waals surface area contributed by atoms with Gasteiger partial charge in [-0.25, -0.2) is 0 Å². The highest BCUT2D eigenvalue weighted by Crippen LogP contribution is 2.23. The SMILES string of the molecule is Nc1c(O)cc2ocnn12. The van der Waals surface area contributed by atoms with Crippen LogP contribution in [-0.4, -0.2) is 14.7 Å². The fraction of sp³-hybridized carbons (Fsp3) is 0. The first-order valence-electron chi connectivity index (χ1n) is 2.68. The minimum atomic E-state index is -0.00755. The van der Waals surface area contributed by atoms with Crippen LogP contribution in [0.2, 0.25) is 0 Å². The molecule has 0 aromatic carbocycles. The second-order valence-corrected chi connectivity index (χ2v) is 1.90. The van der Waals surface area contributed by atoms with Gasteiger partial charge in [-0.2, -0.15) is 4.52 Å². The van der Waals surface area contributed by atoms with Gasteiger partial charge in [0.2, 0.25) is 12.1 Å². The Balaban J connectivity index is 2.95. The Hall–Kier alpha value is -1.65. The van der Waals surface area contributed by atoms with Crippen molar-refractivity contribution in [1.29, 1.82) is 0 Å². The molecule has 2 rings (SSSR count). The highest BCUT2D eigenvalue weighted by molar-refractivity contribution is 5.57.